The van der Waals surface area contributed by atoms with Crippen molar-refractivity contribution in [3.8, 4) is 0 Å². The first-order valence-electron chi connectivity index (χ1n) is 1.84. The van der Waals surface area contributed by atoms with Crippen LogP contribution in [-0.2, 0) is 13.4 Å². The minimum absolute atomic E-state index is 0. The summed E-state index contributed by atoms with van der Waals surface area (Å²) < 4.78 is 25.6. The van der Waals surface area contributed by atoms with E-state index < -0.39 is 27.5 Å². The predicted octanol–water partition coefficient (Wildman–Crippen LogP) is -10.7. The van der Waals surface area contributed by atoms with Crippen LogP contribution in [0.25, 0.3) is 0 Å². The molecule has 0 rings (SSSR count). The van der Waals surface area contributed by atoms with Gasteiger partial charge in [0.2, 0.25) is 0 Å². The number of hydrogen-bond donors (Lipinski definition) is 0. The van der Waals surface area contributed by atoms with Crippen molar-refractivity contribution in [3.63, 3.8) is 0 Å². The van der Waals surface area contributed by atoms with Crippen molar-refractivity contribution in [2.24, 2.45) is 0 Å². The largest absolute Gasteiger partial charge is 3.00 e. The van der Waals surface area contributed by atoms with E-state index in [2.05, 4.69) is 0 Å². The number of hydrogen-bond acceptors (Lipinski definition) is 9. The minimum Gasteiger partial charge on any atom is -0.672 e. The Labute approximate surface area is 160 Å². The molecule has 16 heteroatoms. The summed E-state index contributed by atoms with van der Waals surface area (Å²) in [5, 5.41) is 0. The second-order valence-electron chi connectivity index (χ2n) is 0.750. The summed E-state index contributed by atoms with van der Waals surface area (Å²) in [5.41, 5.74) is 0. The van der Waals surface area contributed by atoms with E-state index in [4.69, 9.17) is 42.2 Å². The maximum Gasteiger partial charge on any atom is 3.00 e. The Morgan fingerprint density at radius 1 is 0.562 bits per heavy atom. The van der Waals surface area contributed by atoms with E-state index in [0.717, 1.165) is 0 Å². The summed E-state index contributed by atoms with van der Waals surface area (Å²) in [6.45, 7) is 0. The minimum atomic E-state index is -3.63. The van der Waals surface area contributed by atoms with Crippen molar-refractivity contribution in [3.05, 3.63) is 0 Å². The van der Waals surface area contributed by atoms with Crippen LogP contribution in [-0.4, -0.2) is 120 Å². The molecule has 0 heterocycles. The fraction of sp³-hybridized carbons (Fsp3) is 0. The van der Waals surface area contributed by atoms with Gasteiger partial charge in [-0.25, -0.2) is 0 Å². The third-order valence-electron chi connectivity index (χ3n) is 0. The number of rotatable bonds is 0. The Bertz CT molecular complexity index is 126. The van der Waals surface area contributed by atoms with E-state index in [0.29, 0.717) is 0 Å². The van der Waals surface area contributed by atoms with Gasteiger partial charge in [-0.1, -0.05) is 0 Å². The van der Waals surface area contributed by atoms with Crippen LogP contribution in [0.2, 0.25) is 0 Å². The monoisotopic (exact) mass is 699 g/mol. The average molecular weight is 700 g/mol. The molecule has 83 valence electrons. The Morgan fingerprint density at radius 3 is 0.562 bits per heavy atom. The van der Waals surface area contributed by atoms with Crippen molar-refractivity contribution in [1.29, 1.82) is 0 Å². The van der Waals surface area contributed by atoms with E-state index in [1.165, 1.54) is 0 Å². The molecule has 0 aromatic rings. The molecule has 0 fully saturated rings. The molecule has 0 aliphatic rings. The Morgan fingerprint density at radius 2 is 0.562 bits per heavy atom. The Balaban J connectivity index is -0.0000000135. The van der Waals surface area contributed by atoms with E-state index in [1.807, 2.05) is 0 Å². The SMILES string of the molecule is O=[Si]([O-])[O-].O=[Si]([O-])[O-].O=[Si]([O-])[O-].[Al].[Bi+3].[Bi+3].[MgH2]. The quantitative estimate of drug-likeness (QED) is 0.221. The Kier molecular flexibility index (Phi) is 96.7. The topological polar surface area (TPSA) is 190 Å². The van der Waals surface area contributed by atoms with Gasteiger partial charge in [-0.05, 0) is 0 Å². The van der Waals surface area contributed by atoms with Crippen LogP contribution in [0.4, 0.5) is 0 Å². The van der Waals surface area contributed by atoms with Gasteiger partial charge in [0.25, 0.3) is 0 Å². The molecule has 0 aliphatic carbocycles. The van der Waals surface area contributed by atoms with E-state index in [-0.39, 0.29) is 92.8 Å². The summed E-state index contributed by atoms with van der Waals surface area (Å²) in [4.78, 5) is 51.1. The van der Waals surface area contributed by atoms with Crippen LogP contribution in [0.5, 0.6) is 0 Å². The van der Waals surface area contributed by atoms with E-state index >= 15 is 0 Å². The molecule has 7 radical (unpaired) electrons. The molecular formula is H2AlBi2MgO9Si3. The Hall–Kier alpha value is 1.92. The van der Waals surface area contributed by atoms with Crippen molar-refractivity contribution >= 4 is 120 Å². The van der Waals surface area contributed by atoms with Crippen molar-refractivity contribution in [2.45, 2.75) is 0 Å². The summed E-state index contributed by atoms with van der Waals surface area (Å²) >= 11 is 0. The van der Waals surface area contributed by atoms with Crippen molar-refractivity contribution < 1.29 is 42.2 Å². The van der Waals surface area contributed by atoms with Crippen LogP contribution in [0.15, 0.2) is 0 Å². The first-order valence-corrected chi connectivity index (χ1v) is 5.51. The molecule has 0 aromatic carbocycles. The van der Waals surface area contributed by atoms with E-state index in [1.54, 1.807) is 0 Å². The molecule has 0 bridgehead atoms. The third kappa shape index (κ3) is 965. The van der Waals surface area contributed by atoms with Gasteiger partial charge in [0, 0.05) is 44.9 Å². The van der Waals surface area contributed by atoms with Crippen LogP contribution in [0.1, 0.15) is 0 Å². The second-order valence-corrected chi connectivity index (χ2v) is 2.25. The average Bonchev–Trinajstić information content (AvgIpc) is 1.54. The van der Waals surface area contributed by atoms with Crippen LogP contribution < -0.4 is 28.8 Å². The molecule has 0 aromatic heterocycles. The van der Waals surface area contributed by atoms with Gasteiger partial charge in [0.05, 0.1) is 0 Å². The summed E-state index contributed by atoms with van der Waals surface area (Å²) in [6.07, 6.45) is 0. The van der Waals surface area contributed by atoms with Crippen molar-refractivity contribution in [1.82, 2.24) is 0 Å². The van der Waals surface area contributed by atoms with E-state index in [9.17, 15) is 0 Å². The van der Waals surface area contributed by atoms with Gasteiger partial charge in [0.1, 0.15) is 0 Å². The molecule has 9 nitrogen and oxygen atoms in total. The zero-order chi connectivity index (χ0) is 10.7. The smallest absolute Gasteiger partial charge is 0.672 e. The molecule has 0 N–H and O–H groups in total. The van der Waals surface area contributed by atoms with Gasteiger partial charge >= 0.3 is 75.5 Å². The molecule has 0 saturated heterocycles. The standard InChI is InChI=1S/Al.2Bi.Mg.3O3Si.2H/c;;;;3*1-4(2)3;;/q;2*+3;;3*-2;;. The maximum absolute atomic E-state index is 8.52. The predicted molar refractivity (Wildman–Crippen MR) is 45.1 cm³/mol. The van der Waals surface area contributed by atoms with Crippen molar-refractivity contribution in [2.75, 3.05) is 0 Å². The molecule has 16 heavy (non-hydrogen) atoms. The first-order chi connectivity index (χ1) is 5.20. The summed E-state index contributed by atoms with van der Waals surface area (Å²) in [7, 11) is -10.9. The van der Waals surface area contributed by atoms with Gasteiger partial charge in [0.15, 0.2) is 0 Å². The van der Waals surface area contributed by atoms with Gasteiger partial charge < -0.3 is 42.2 Å². The molecule has 0 aliphatic heterocycles. The molecule has 0 unspecified atom stereocenters. The molecule has 0 amide bonds. The van der Waals surface area contributed by atoms with Gasteiger partial charge in [-0.2, -0.15) is 0 Å². The molecule has 0 saturated carbocycles. The zero-order valence-electron chi connectivity index (χ0n) is 6.65. The fourth-order valence-electron chi connectivity index (χ4n) is 0. The van der Waals surface area contributed by atoms with Crippen LogP contribution >= 0.6 is 0 Å². The first kappa shape index (κ1) is 43.0. The zero-order valence-corrected chi connectivity index (χ0v) is 17.8. The van der Waals surface area contributed by atoms with Gasteiger partial charge in [-0.3, -0.25) is 0 Å². The maximum atomic E-state index is 8.52. The molecule has 0 spiro atoms. The second kappa shape index (κ2) is 36.0. The van der Waals surface area contributed by atoms with Crippen LogP contribution in [0.3, 0.4) is 0 Å². The summed E-state index contributed by atoms with van der Waals surface area (Å²) in [5.74, 6) is 0. The normalized spacial score (nSPS) is 4.50. The summed E-state index contributed by atoms with van der Waals surface area (Å²) in [6, 6.07) is 0. The third-order valence-corrected chi connectivity index (χ3v) is 0. The van der Waals surface area contributed by atoms with Gasteiger partial charge in [-0.15, -0.1) is 0 Å². The molecular weight excluding hydrogens is 697 g/mol. The molecule has 0 atom stereocenters. The fourth-order valence-corrected chi connectivity index (χ4v) is 0. The van der Waals surface area contributed by atoms with Crippen LogP contribution in [0, 0.1) is 0 Å².